The molecule has 0 heterocycles. The maximum absolute atomic E-state index is 11.5. The highest BCUT2D eigenvalue weighted by Crippen LogP contribution is 2.14. The molecule has 0 fully saturated rings. The summed E-state index contributed by atoms with van der Waals surface area (Å²) in [4.78, 5) is 0. The minimum atomic E-state index is -4.29. The van der Waals surface area contributed by atoms with Gasteiger partial charge in [-0.05, 0) is 6.42 Å². The summed E-state index contributed by atoms with van der Waals surface area (Å²) < 4.78 is 38.9. The van der Waals surface area contributed by atoms with Crippen LogP contribution in [0.2, 0.25) is 0 Å². The van der Waals surface area contributed by atoms with Crippen molar-refractivity contribution in [3.63, 3.8) is 0 Å². The molecule has 3 N–H and O–H groups in total. The third-order valence-electron chi connectivity index (χ3n) is 1.22. The second-order valence-electron chi connectivity index (χ2n) is 2.34. The van der Waals surface area contributed by atoms with E-state index in [1.54, 1.807) is 0 Å². The Morgan fingerprint density at radius 1 is 1.54 bits per heavy atom. The zero-order valence-electron chi connectivity index (χ0n) is 6.90. The number of rotatable bonds is 5. The van der Waals surface area contributed by atoms with Gasteiger partial charge in [-0.1, -0.05) is 5.92 Å². The number of alkyl halides is 3. The fraction of sp³-hybridized carbons (Fsp3) is 0.714. The number of halogens is 3. The van der Waals surface area contributed by atoms with Gasteiger partial charge in [0, 0.05) is 6.61 Å². The van der Waals surface area contributed by atoms with Crippen molar-refractivity contribution in [2.24, 2.45) is 5.84 Å². The molecule has 0 aliphatic heterocycles. The van der Waals surface area contributed by atoms with Crippen molar-refractivity contribution in [2.45, 2.75) is 18.6 Å². The van der Waals surface area contributed by atoms with Crippen molar-refractivity contribution in [2.75, 3.05) is 13.2 Å². The zero-order valence-corrected chi connectivity index (χ0v) is 6.90. The van der Waals surface area contributed by atoms with E-state index in [2.05, 4.69) is 16.1 Å². The molecule has 0 radical (unpaired) electrons. The van der Waals surface area contributed by atoms with Crippen molar-refractivity contribution in [3.05, 3.63) is 0 Å². The molecular formula is C7H11F3N2O. The van der Waals surface area contributed by atoms with Gasteiger partial charge in [0.05, 0.1) is 6.04 Å². The van der Waals surface area contributed by atoms with E-state index in [0.29, 0.717) is 0 Å². The summed E-state index contributed by atoms with van der Waals surface area (Å²) in [5.74, 6) is 7.23. The molecule has 0 amide bonds. The van der Waals surface area contributed by atoms with Crippen molar-refractivity contribution < 1.29 is 17.9 Å². The Kier molecular flexibility index (Phi) is 5.46. The summed E-state index contributed by atoms with van der Waals surface area (Å²) in [6.45, 7) is -1.33. The lowest BCUT2D eigenvalue weighted by atomic mass is 10.2. The van der Waals surface area contributed by atoms with Crippen LogP contribution in [0.25, 0.3) is 0 Å². The maximum Gasteiger partial charge on any atom is 0.411 e. The Balaban J connectivity index is 3.41. The minimum absolute atomic E-state index is 0.0709. The second-order valence-corrected chi connectivity index (χ2v) is 2.34. The largest absolute Gasteiger partial charge is 0.411 e. The number of ether oxygens (including phenoxy) is 1. The summed E-state index contributed by atoms with van der Waals surface area (Å²) in [5.41, 5.74) is 2.25. The summed E-state index contributed by atoms with van der Waals surface area (Å²) in [6, 6.07) is -0.451. The van der Waals surface area contributed by atoms with E-state index >= 15 is 0 Å². The molecule has 0 saturated carbocycles. The van der Waals surface area contributed by atoms with Crippen molar-refractivity contribution in [1.29, 1.82) is 0 Å². The van der Waals surface area contributed by atoms with Gasteiger partial charge in [-0.25, -0.2) is 5.43 Å². The SMILES string of the molecule is C#CC(CCOCC(F)(F)F)NN. The van der Waals surface area contributed by atoms with Crippen LogP contribution < -0.4 is 11.3 Å². The monoisotopic (exact) mass is 196 g/mol. The number of nitrogens with two attached hydrogens (primary N) is 1. The molecule has 0 rings (SSSR count). The molecule has 1 atom stereocenters. The summed E-state index contributed by atoms with van der Waals surface area (Å²) >= 11 is 0. The normalized spacial score (nSPS) is 13.8. The van der Waals surface area contributed by atoms with Crippen LogP contribution in [0.15, 0.2) is 0 Å². The fourth-order valence-electron chi connectivity index (χ4n) is 0.604. The number of hydrogen-bond acceptors (Lipinski definition) is 3. The van der Waals surface area contributed by atoms with Crippen molar-refractivity contribution >= 4 is 0 Å². The third-order valence-corrected chi connectivity index (χ3v) is 1.22. The van der Waals surface area contributed by atoms with Gasteiger partial charge in [-0.3, -0.25) is 5.84 Å². The highest BCUT2D eigenvalue weighted by molar-refractivity contribution is 4.97. The molecule has 0 spiro atoms. The van der Waals surface area contributed by atoms with Gasteiger partial charge in [0.1, 0.15) is 6.61 Å². The van der Waals surface area contributed by atoms with Crippen LogP contribution in [0.3, 0.4) is 0 Å². The molecular weight excluding hydrogens is 185 g/mol. The first-order valence-electron chi connectivity index (χ1n) is 3.56. The maximum atomic E-state index is 11.5. The van der Waals surface area contributed by atoms with E-state index in [0.717, 1.165) is 0 Å². The van der Waals surface area contributed by atoms with E-state index in [9.17, 15) is 13.2 Å². The lowest BCUT2D eigenvalue weighted by Gasteiger charge is -2.10. The van der Waals surface area contributed by atoms with Crippen LogP contribution in [-0.4, -0.2) is 25.4 Å². The van der Waals surface area contributed by atoms with Crippen LogP contribution in [0.5, 0.6) is 0 Å². The van der Waals surface area contributed by atoms with Gasteiger partial charge in [0.25, 0.3) is 0 Å². The summed E-state index contributed by atoms with van der Waals surface area (Å²) in [6.07, 6.45) is 0.944. The Hall–Kier alpha value is -0.770. The lowest BCUT2D eigenvalue weighted by molar-refractivity contribution is -0.174. The molecule has 0 bridgehead atoms. The molecule has 0 aromatic heterocycles. The zero-order chi connectivity index (χ0) is 10.3. The molecule has 0 aliphatic rings. The average Bonchev–Trinajstić information content (AvgIpc) is 2.03. The molecule has 0 saturated heterocycles. The highest BCUT2D eigenvalue weighted by Gasteiger charge is 2.27. The average molecular weight is 196 g/mol. The minimum Gasteiger partial charge on any atom is -0.372 e. The van der Waals surface area contributed by atoms with Gasteiger partial charge in [0.15, 0.2) is 0 Å². The van der Waals surface area contributed by atoms with E-state index < -0.39 is 18.8 Å². The molecule has 13 heavy (non-hydrogen) atoms. The van der Waals surface area contributed by atoms with Crippen molar-refractivity contribution in [3.8, 4) is 12.3 Å². The first kappa shape index (κ1) is 12.2. The smallest absolute Gasteiger partial charge is 0.372 e. The third kappa shape index (κ3) is 7.59. The van der Waals surface area contributed by atoms with Crippen LogP contribution >= 0.6 is 0 Å². The standard InChI is InChI=1S/C7H11F3N2O/c1-2-6(12-11)3-4-13-5-7(8,9)10/h1,6,12H,3-5,11H2. The highest BCUT2D eigenvalue weighted by atomic mass is 19.4. The summed E-state index contributed by atoms with van der Waals surface area (Å²) in [5, 5.41) is 0. The lowest BCUT2D eigenvalue weighted by Crippen LogP contribution is -2.35. The predicted octanol–water partition coefficient (Wildman–Crippen LogP) is 0.421. The quantitative estimate of drug-likeness (QED) is 0.290. The van der Waals surface area contributed by atoms with Crippen LogP contribution in [0.1, 0.15) is 6.42 Å². The van der Waals surface area contributed by atoms with E-state index in [-0.39, 0.29) is 13.0 Å². The number of hydrogen-bond donors (Lipinski definition) is 2. The van der Waals surface area contributed by atoms with Crippen LogP contribution in [0.4, 0.5) is 13.2 Å². The topological polar surface area (TPSA) is 47.3 Å². The Bertz CT molecular complexity index is 176. The van der Waals surface area contributed by atoms with E-state index in [4.69, 9.17) is 12.3 Å². The molecule has 1 unspecified atom stereocenters. The molecule has 3 nitrogen and oxygen atoms in total. The van der Waals surface area contributed by atoms with Crippen molar-refractivity contribution in [1.82, 2.24) is 5.43 Å². The number of hydrazine groups is 1. The van der Waals surface area contributed by atoms with Gasteiger partial charge in [-0.15, -0.1) is 6.42 Å². The fourth-order valence-corrected chi connectivity index (χ4v) is 0.604. The Morgan fingerprint density at radius 2 is 2.15 bits per heavy atom. The number of nitrogens with one attached hydrogen (secondary N) is 1. The Morgan fingerprint density at radius 3 is 2.54 bits per heavy atom. The molecule has 6 heteroatoms. The van der Waals surface area contributed by atoms with E-state index in [1.807, 2.05) is 0 Å². The second kappa shape index (κ2) is 5.80. The number of terminal acetylenes is 1. The Labute approximate surface area is 74.4 Å². The molecule has 0 aliphatic carbocycles. The van der Waals surface area contributed by atoms with Gasteiger partial charge in [-0.2, -0.15) is 13.2 Å². The van der Waals surface area contributed by atoms with E-state index in [1.165, 1.54) is 0 Å². The first-order chi connectivity index (χ1) is 5.99. The predicted molar refractivity (Wildman–Crippen MR) is 41.4 cm³/mol. The molecule has 0 aromatic carbocycles. The molecule has 0 aromatic rings. The van der Waals surface area contributed by atoms with Gasteiger partial charge < -0.3 is 4.74 Å². The first-order valence-corrected chi connectivity index (χ1v) is 3.56. The van der Waals surface area contributed by atoms with Gasteiger partial charge in [0.2, 0.25) is 0 Å². The van der Waals surface area contributed by atoms with Crippen LogP contribution in [-0.2, 0) is 4.74 Å². The molecule has 76 valence electrons. The summed E-state index contributed by atoms with van der Waals surface area (Å²) in [7, 11) is 0. The van der Waals surface area contributed by atoms with Gasteiger partial charge >= 0.3 is 6.18 Å². The van der Waals surface area contributed by atoms with Crippen LogP contribution in [0, 0.1) is 12.3 Å².